The lowest BCUT2D eigenvalue weighted by molar-refractivity contribution is -0.129. The SMILES string of the molecule is Cc1nnnn1-c1ccc(CC(=O)N(C)CC2CCN(Cc3ccccc3)CC2)cc1. The Morgan fingerprint density at radius 3 is 2.39 bits per heavy atom. The van der Waals surface area contributed by atoms with Crippen molar-refractivity contribution in [2.24, 2.45) is 5.92 Å². The summed E-state index contributed by atoms with van der Waals surface area (Å²) in [5.41, 5.74) is 3.27. The zero-order chi connectivity index (χ0) is 21.6. The van der Waals surface area contributed by atoms with Crippen molar-refractivity contribution in [3.63, 3.8) is 0 Å². The van der Waals surface area contributed by atoms with Crippen LogP contribution in [0.4, 0.5) is 0 Å². The normalized spacial score (nSPS) is 15.2. The molecule has 0 atom stereocenters. The van der Waals surface area contributed by atoms with Crippen molar-refractivity contribution < 1.29 is 4.79 Å². The molecule has 1 aliphatic heterocycles. The first kappa shape index (κ1) is 21.2. The predicted molar refractivity (Wildman–Crippen MR) is 120 cm³/mol. The van der Waals surface area contributed by atoms with Crippen LogP contribution in [0.1, 0.15) is 29.8 Å². The molecule has 0 spiro atoms. The van der Waals surface area contributed by atoms with Crippen molar-refractivity contribution in [2.75, 3.05) is 26.7 Å². The molecule has 7 heteroatoms. The van der Waals surface area contributed by atoms with E-state index < -0.39 is 0 Å². The van der Waals surface area contributed by atoms with Crippen molar-refractivity contribution in [1.29, 1.82) is 0 Å². The molecule has 31 heavy (non-hydrogen) atoms. The lowest BCUT2D eigenvalue weighted by Gasteiger charge is -2.34. The van der Waals surface area contributed by atoms with Crippen molar-refractivity contribution in [2.45, 2.75) is 32.7 Å². The molecule has 1 aromatic heterocycles. The minimum Gasteiger partial charge on any atom is -0.345 e. The first-order valence-corrected chi connectivity index (χ1v) is 10.9. The Morgan fingerprint density at radius 2 is 1.74 bits per heavy atom. The number of benzene rings is 2. The van der Waals surface area contributed by atoms with E-state index in [0.29, 0.717) is 12.3 Å². The van der Waals surface area contributed by atoms with E-state index in [1.54, 1.807) is 4.68 Å². The van der Waals surface area contributed by atoms with Crippen LogP contribution in [0.5, 0.6) is 0 Å². The third-order valence-electron chi connectivity index (χ3n) is 6.08. The standard InChI is InChI=1S/C24H30N6O/c1-19-25-26-27-30(19)23-10-8-20(9-11-23)16-24(31)28(2)17-22-12-14-29(15-13-22)18-21-6-4-3-5-7-21/h3-11,22H,12-18H2,1-2H3. The van der Waals surface area contributed by atoms with Crippen LogP contribution < -0.4 is 0 Å². The van der Waals surface area contributed by atoms with Gasteiger partial charge in [0, 0.05) is 20.1 Å². The second kappa shape index (κ2) is 9.83. The molecule has 3 aromatic rings. The fourth-order valence-corrected chi connectivity index (χ4v) is 4.19. The second-order valence-corrected chi connectivity index (χ2v) is 8.46. The molecule has 162 valence electrons. The number of likely N-dealkylation sites (N-methyl/N-ethyl adjacent to an activating group) is 1. The fourth-order valence-electron chi connectivity index (χ4n) is 4.19. The molecule has 2 heterocycles. The summed E-state index contributed by atoms with van der Waals surface area (Å²) in [4.78, 5) is 17.2. The Kier molecular flexibility index (Phi) is 6.72. The average Bonchev–Trinajstić information content (AvgIpc) is 3.22. The molecule has 1 fully saturated rings. The van der Waals surface area contributed by atoms with Crippen LogP contribution in [0.15, 0.2) is 54.6 Å². The maximum absolute atomic E-state index is 12.7. The lowest BCUT2D eigenvalue weighted by Crippen LogP contribution is -2.39. The van der Waals surface area contributed by atoms with Crippen molar-refractivity contribution in [1.82, 2.24) is 30.0 Å². The monoisotopic (exact) mass is 418 g/mol. The third kappa shape index (κ3) is 5.55. The summed E-state index contributed by atoms with van der Waals surface area (Å²) in [6, 6.07) is 18.5. The van der Waals surface area contributed by atoms with Gasteiger partial charge in [-0.15, -0.1) is 5.10 Å². The smallest absolute Gasteiger partial charge is 0.226 e. The predicted octanol–water partition coefficient (Wildman–Crippen LogP) is 2.88. The van der Waals surface area contributed by atoms with Gasteiger partial charge in [-0.1, -0.05) is 42.5 Å². The molecule has 0 N–H and O–H groups in total. The number of tetrazole rings is 1. The highest BCUT2D eigenvalue weighted by Gasteiger charge is 2.22. The lowest BCUT2D eigenvalue weighted by atomic mass is 9.95. The Bertz CT molecular complexity index is 977. The van der Waals surface area contributed by atoms with E-state index >= 15 is 0 Å². The average molecular weight is 419 g/mol. The van der Waals surface area contributed by atoms with Gasteiger partial charge in [-0.05, 0) is 72.5 Å². The first-order valence-electron chi connectivity index (χ1n) is 10.9. The summed E-state index contributed by atoms with van der Waals surface area (Å²) < 4.78 is 1.68. The molecule has 0 unspecified atom stereocenters. The number of rotatable bonds is 7. The number of hydrogen-bond acceptors (Lipinski definition) is 5. The number of hydrogen-bond donors (Lipinski definition) is 0. The van der Waals surface area contributed by atoms with E-state index in [9.17, 15) is 4.79 Å². The van der Waals surface area contributed by atoms with Crippen LogP contribution in [-0.4, -0.2) is 62.6 Å². The Hall–Kier alpha value is -3.06. The highest BCUT2D eigenvalue weighted by molar-refractivity contribution is 5.78. The van der Waals surface area contributed by atoms with Gasteiger partial charge in [0.15, 0.2) is 5.82 Å². The molecular weight excluding hydrogens is 388 g/mol. The van der Waals surface area contributed by atoms with Gasteiger partial charge in [-0.25, -0.2) is 0 Å². The summed E-state index contributed by atoms with van der Waals surface area (Å²) in [7, 11) is 1.93. The quantitative estimate of drug-likeness (QED) is 0.590. The minimum absolute atomic E-state index is 0.165. The van der Waals surface area contributed by atoms with Gasteiger partial charge in [-0.3, -0.25) is 9.69 Å². The highest BCUT2D eigenvalue weighted by Crippen LogP contribution is 2.20. The maximum Gasteiger partial charge on any atom is 0.226 e. The molecule has 7 nitrogen and oxygen atoms in total. The molecule has 1 saturated heterocycles. The summed E-state index contributed by atoms with van der Waals surface area (Å²) in [6.07, 6.45) is 2.70. The Morgan fingerprint density at radius 1 is 1.03 bits per heavy atom. The molecule has 0 bridgehead atoms. The van der Waals surface area contributed by atoms with Crippen LogP contribution in [0.3, 0.4) is 0 Å². The van der Waals surface area contributed by atoms with Gasteiger partial charge < -0.3 is 4.90 Å². The van der Waals surface area contributed by atoms with Crippen LogP contribution in [0.25, 0.3) is 5.69 Å². The molecule has 2 aromatic carbocycles. The number of nitrogens with zero attached hydrogens (tertiary/aromatic N) is 6. The molecule has 0 aliphatic carbocycles. The summed E-state index contributed by atoms with van der Waals surface area (Å²) >= 11 is 0. The van der Waals surface area contributed by atoms with Crippen molar-refractivity contribution in [3.8, 4) is 5.69 Å². The van der Waals surface area contributed by atoms with E-state index in [4.69, 9.17) is 0 Å². The Labute approximate surface area is 183 Å². The number of carbonyl (C=O) groups excluding carboxylic acids is 1. The largest absolute Gasteiger partial charge is 0.345 e. The Balaban J connectivity index is 1.23. The number of piperidine rings is 1. The summed E-state index contributed by atoms with van der Waals surface area (Å²) in [6.45, 7) is 5.90. The number of likely N-dealkylation sites (tertiary alicyclic amines) is 1. The van der Waals surface area contributed by atoms with Crippen LogP contribution in [-0.2, 0) is 17.8 Å². The molecule has 0 saturated carbocycles. The van der Waals surface area contributed by atoms with Crippen LogP contribution >= 0.6 is 0 Å². The number of aryl methyl sites for hydroxylation is 1. The van der Waals surface area contributed by atoms with Crippen LogP contribution in [0, 0.1) is 12.8 Å². The van der Waals surface area contributed by atoms with E-state index in [1.807, 2.05) is 43.1 Å². The van der Waals surface area contributed by atoms with Gasteiger partial charge in [0.25, 0.3) is 0 Å². The third-order valence-corrected chi connectivity index (χ3v) is 6.08. The molecule has 0 radical (unpaired) electrons. The van der Waals surface area contributed by atoms with E-state index in [1.165, 1.54) is 5.56 Å². The second-order valence-electron chi connectivity index (χ2n) is 8.46. The first-order chi connectivity index (χ1) is 15.1. The summed E-state index contributed by atoms with van der Waals surface area (Å²) in [5.74, 6) is 1.47. The van der Waals surface area contributed by atoms with Gasteiger partial charge in [0.2, 0.25) is 5.91 Å². The molecular formula is C24H30N6O. The summed E-state index contributed by atoms with van der Waals surface area (Å²) in [5, 5.41) is 11.6. The van der Waals surface area contributed by atoms with Crippen molar-refractivity contribution >= 4 is 5.91 Å². The van der Waals surface area contributed by atoms with E-state index in [2.05, 4.69) is 50.8 Å². The van der Waals surface area contributed by atoms with Gasteiger partial charge >= 0.3 is 0 Å². The zero-order valence-electron chi connectivity index (χ0n) is 18.3. The van der Waals surface area contributed by atoms with Crippen molar-refractivity contribution in [3.05, 3.63) is 71.5 Å². The highest BCUT2D eigenvalue weighted by atomic mass is 16.2. The fraction of sp³-hybridized carbons (Fsp3) is 0.417. The topological polar surface area (TPSA) is 67.2 Å². The van der Waals surface area contributed by atoms with E-state index in [0.717, 1.165) is 56.1 Å². The zero-order valence-corrected chi connectivity index (χ0v) is 18.3. The number of carbonyl (C=O) groups is 1. The van der Waals surface area contributed by atoms with Gasteiger partial charge in [-0.2, -0.15) is 4.68 Å². The number of aromatic nitrogens is 4. The van der Waals surface area contributed by atoms with Gasteiger partial charge in [0.05, 0.1) is 12.1 Å². The molecule has 1 aliphatic rings. The molecule has 4 rings (SSSR count). The molecule has 1 amide bonds. The van der Waals surface area contributed by atoms with Gasteiger partial charge in [0.1, 0.15) is 0 Å². The maximum atomic E-state index is 12.7. The minimum atomic E-state index is 0.165. The van der Waals surface area contributed by atoms with E-state index in [-0.39, 0.29) is 5.91 Å². The number of amides is 1. The van der Waals surface area contributed by atoms with Crippen LogP contribution in [0.2, 0.25) is 0 Å².